The lowest BCUT2D eigenvalue weighted by Crippen LogP contribution is -2.47. The molecule has 7 heteroatoms. The van der Waals surface area contributed by atoms with Crippen molar-refractivity contribution in [1.82, 2.24) is 10.6 Å². The summed E-state index contributed by atoms with van der Waals surface area (Å²) in [5, 5.41) is 5.28. The second kappa shape index (κ2) is 7.11. The van der Waals surface area contributed by atoms with Crippen LogP contribution >= 0.6 is 0 Å². The maximum absolute atomic E-state index is 12.5. The Morgan fingerprint density at radius 2 is 1.96 bits per heavy atom. The molecule has 2 heterocycles. The first-order valence-electron chi connectivity index (χ1n) is 8.80. The monoisotopic (exact) mass is 365 g/mol. The summed E-state index contributed by atoms with van der Waals surface area (Å²) in [5.74, 6) is 0.708. The number of nitrogens with zero attached hydrogens (tertiary/aromatic N) is 1. The van der Waals surface area contributed by atoms with Crippen LogP contribution in [0.15, 0.2) is 47.5 Å². The second-order valence-electron chi connectivity index (χ2n) is 6.36. The molecule has 2 aliphatic heterocycles. The van der Waals surface area contributed by atoms with E-state index in [1.807, 2.05) is 24.3 Å². The van der Waals surface area contributed by atoms with Crippen molar-refractivity contribution in [1.29, 1.82) is 0 Å². The molecule has 1 unspecified atom stereocenters. The highest BCUT2D eigenvalue weighted by molar-refractivity contribution is 6.10. The Bertz CT molecular complexity index is 921. The van der Waals surface area contributed by atoms with Crippen LogP contribution in [-0.4, -0.2) is 24.6 Å². The van der Waals surface area contributed by atoms with Crippen molar-refractivity contribution in [3.8, 4) is 11.5 Å². The van der Waals surface area contributed by atoms with Gasteiger partial charge in [-0.3, -0.25) is 20.2 Å². The fourth-order valence-electron chi connectivity index (χ4n) is 3.04. The molecular weight excluding hydrogens is 346 g/mol. The minimum Gasteiger partial charge on any atom is -0.454 e. The molecule has 2 aliphatic rings. The van der Waals surface area contributed by atoms with Crippen molar-refractivity contribution < 1.29 is 19.1 Å². The highest BCUT2D eigenvalue weighted by Crippen LogP contribution is 2.32. The van der Waals surface area contributed by atoms with Gasteiger partial charge in [0, 0.05) is 5.56 Å². The summed E-state index contributed by atoms with van der Waals surface area (Å²) in [6, 6.07) is 12.6. The zero-order valence-electron chi connectivity index (χ0n) is 14.8. The van der Waals surface area contributed by atoms with Gasteiger partial charge < -0.3 is 9.47 Å². The Morgan fingerprint density at radius 1 is 1.19 bits per heavy atom. The fraction of sp³-hybridized carbons (Fsp3) is 0.250. The molecule has 0 bridgehead atoms. The van der Waals surface area contributed by atoms with Crippen molar-refractivity contribution in [2.45, 2.75) is 25.8 Å². The van der Waals surface area contributed by atoms with Gasteiger partial charge in [-0.05, 0) is 35.7 Å². The summed E-state index contributed by atoms with van der Waals surface area (Å²) >= 11 is 0. The lowest BCUT2D eigenvalue weighted by Gasteiger charge is -2.21. The van der Waals surface area contributed by atoms with Gasteiger partial charge in [-0.1, -0.05) is 31.2 Å². The molecule has 7 nitrogen and oxygen atoms in total. The summed E-state index contributed by atoms with van der Waals surface area (Å²) in [7, 11) is 0. The van der Waals surface area contributed by atoms with Crippen molar-refractivity contribution in [3.63, 3.8) is 0 Å². The topological polar surface area (TPSA) is 89.0 Å². The van der Waals surface area contributed by atoms with E-state index in [2.05, 4.69) is 22.5 Å². The zero-order chi connectivity index (χ0) is 18.8. The smallest absolute Gasteiger partial charge is 0.258 e. The molecule has 138 valence electrons. The van der Waals surface area contributed by atoms with E-state index in [9.17, 15) is 9.59 Å². The van der Waals surface area contributed by atoms with Crippen LogP contribution in [0.5, 0.6) is 11.5 Å². The van der Waals surface area contributed by atoms with E-state index in [0.29, 0.717) is 17.1 Å². The molecule has 2 aromatic carbocycles. The van der Waals surface area contributed by atoms with Crippen molar-refractivity contribution in [3.05, 3.63) is 59.2 Å². The number of rotatable bonds is 3. The second-order valence-corrected chi connectivity index (χ2v) is 6.36. The van der Waals surface area contributed by atoms with Crippen LogP contribution in [0.2, 0.25) is 0 Å². The third-order valence-corrected chi connectivity index (χ3v) is 4.56. The normalized spacial score (nSPS) is 17.9. The van der Waals surface area contributed by atoms with Gasteiger partial charge in [-0.2, -0.15) is 0 Å². The van der Waals surface area contributed by atoms with Crippen LogP contribution in [0.4, 0.5) is 0 Å². The Labute approximate surface area is 156 Å². The molecule has 2 aromatic rings. The molecule has 2 amide bonds. The minimum absolute atomic E-state index is 0.141. The van der Waals surface area contributed by atoms with Crippen LogP contribution in [0.1, 0.15) is 40.9 Å². The summed E-state index contributed by atoms with van der Waals surface area (Å²) < 4.78 is 10.5. The van der Waals surface area contributed by atoms with Gasteiger partial charge in [0.2, 0.25) is 18.7 Å². The summed E-state index contributed by atoms with van der Waals surface area (Å²) in [4.78, 5) is 29.1. The minimum atomic E-state index is -0.380. The standard InChI is InChI=1S/C20H19N3O4/c1-2-12-3-5-13(6-4-12)15-10-18(24)22-20(21-15)23-19(25)14-7-8-16-17(9-14)27-11-26-16/h3-9,15H,2,10-11H2,1H3,(H2,21,22,23,24,25). The average molecular weight is 365 g/mol. The first-order chi connectivity index (χ1) is 13.1. The van der Waals surface area contributed by atoms with E-state index in [1.165, 1.54) is 5.56 Å². The maximum atomic E-state index is 12.5. The predicted molar refractivity (Wildman–Crippen MR) is 98.8 cm³/mol. The lowest BCUT2D eigenvalue weighted by molar-refractivity contribution is -0.120. The molecule has 1 atom stereocenters. The zero-order valence-corrected chi connectivity index (χ0v) is 14.8. The van der Waals surface area contributed by atoms with E-state index in [4.69, 9.17) is 9.47 Å². The van der Waals surface area contributed by atoms with E-state index in [-0.39, 0.29) is 37.0 Å². The Balaban J connectivity index is 1.52. The van der Waals surface area contributed by atoms with Gasteiger partial charge in [0.25, 0.3) is 5.91 Å². The van der Waals surface area contributed by atoms with Crippen LogP contribution in [0.3, 0.4) is 0 Å². The number of nitrogens with one attached hydrogen (secondary N) is 2. The number of carbonyl (C=O) groups excluding carboxylic acids is 2. The van der Waals surface area contributed by atoms with Gasteiger partial charge in [0.1, 0.15) is 0 Å². The number of aryl methyl sites for hydroxylation is 1. The van der Waals surface area contributed by atoms with E-state index in [1.54, 1.807) is 18.2 Å². The molecule has 0 spiro atoms. The highest BCUT2D eigenvalue weighted by atomic mass is 16.7. The lowest BCUT2D eigenvalue weighted by atomic mass is 10.0. The van der Waals surface area contributed by atoms with Gasteiger partial charge >= 0.3 is 0 Å². The first-order valence-corrected chi connectivity index (χ1v) is 8.80. The molecule has 0 aromatic heterocycles. The SMILES string of the molecule is CCc1ccc(C2CC(=O)NC(NC(=O)c3ccc4c(c3)OCO4)=N2)cc1. The number of ether oxygens (including phenoxy) is 2. The predicted octanol–water partition coefficient (Wildman–Crippen LogP) is 2.32. The van der Waals surface area contributed by atoms with E-state index < -0.39 is 0 Å². The van der Waals surface area contributed by atoms with Crippen LogP contribution in [0.25, 0.3) is 0 Å². The number of hydrogen-bond donors (Lipinski definition) is 2. The number of guanidine groups is 1. The molecule has 4 rings (SSSR count). The van der Waals surface area contributed by atoms with E-state index >= 15 is 0 Å². The maximum Gasteiger partial charge on any atom is 0.258 e. The van der Waals surface area contributed by atoms with Gasteiger partial charge in [-0.15, -0.1) is 0 Å². The van der Waals surface area contributed by atoms with E-state index in [0.717, 1.165) is 12.0 Å². The number of hydrogen-bond acceptors (Lipinski definition) is 5. The van der Waals surface area contributed by atoms with Gasteiger partial charge in [-0.25, -0.2) is 4.99 Å². The molecular formula is C20H19N3O4. The summed E-state index contributed by atoms with van der Waals surface area (Å²) in [6.45, 7) is 2.23. The Kier molecular flexibility index (Phi) is 4.50. The van der Waals surface area contributed by atoms with Crippen molar-refractivity contribution in [2.75, 3.05) is 6.79 Å². The number of fused-ring (bicyclic) bond motifs is 1. The number of carbonyl (C=O) groups is 2. The highest BCUT2D eigenvalue weighted by Gasteiger charge is 2.24. The molecule has 0 saturated carbocycles. The molecule has 27 heavy (non-hydrogen) atoms. The Hall–Kier alpha value is -3.35. The van der Waals surface area contributed by atoms with Gasteiger partial charge in [0.15, 0.2) is 11.5 Å². The largest absolute Gasteiger partial charge is 0.454 e. The van der Waals surface area contributed by atoms with Crippen LogP contribution in [0, 0.1) is 0 Å². The summed E-state index contributed by atoms with van der Waals surface area (Å²) in [5.41, 5.74) is 2.56. The Morgan fingerprint density at radius 3 is 2.74 bits per heavy atom. The fourth-order valence-corrected chi connectivity index (χ4v) is 3.04. The van der Waals surface area contributed by atoms with Crippen LogP contribution < -0.4 is 20.1 Å². The van der Waals surface area contributed by atoms with Crippen molar-refractivity contribution in [2.24, 2.45) is 4.99 Å². The van der Waals surface area contributed by atoms with Crippen LogP contribution in [-0.2, 0) is 11.2 Å². The third kappa shape index (κ3) is 3.62. The molecule has 0 saturated heterocycles. The number of amides is 2. The quantitative estimate of drug-likeness (QED) is 0.874. The first kappa shape index (κ1) is 17.1. The van der Waals surface area contributed by atoms with Crippen molar-refractivity contribution >= 4 is 17.8 Å². The summed E-state index contributed by atoms with van der Waals surface area (Å²) in [6.07, 6.45) is 1.19. The molecule has 2 N–H and O–H groups in total. The molecule has 0 fully saturated rings. The molecule has 0 aliphatic carbocycles. The average Bonchev–Trinajstić information content (AvgIpc) is 3.15. The number of aliphatic imine (C=N–C) groups is 1. The molecule has 0 radical (unpaired) electrons. The third-order valence-electron chi connectivity index (χ3n) is 4.56. The van der Waals surface area contributed by atoms with Gasteiger partial charge in [0.05, 0.1) is 12.5 Å². The number of benzene rings is 2.